The van der Waals surface area contributed by atoms with Gasteiger partial charge in [0, 0.05) is 25.6 Å². The number of hydrogen-bond donors (Lipinski definition) is 0. The summed E-state index contributed by atoms with van der Waals surface area (Å²) in [6.07, 6.45) is 5.24. The van der Waals surface area contributed by atoms with Crippen LogP contribution in [0.3, 0.4) is 0 Å². The minimum absolute atomic E-state index is 0. The summed E-state index contributed by atoms with van der Waals surface area (Å²) in [6, 6.07) is 8.69. The highest BCUT2D eigenvalue weighted by Crippen LogP contribution is 2.42. The molecule has 4 nitrogen and oxygen atoms in total. The van der Waals surface area contributed by atoms with Crippen molar-refractivity contribution in [3.05, 3.63) is 29.8 Å². The molecule has 1 heterocycles. The van der Waals surface area contributed by atoms with Gasteiger partial charge < -0.3 is 14.5 Å². The minimum atomic E-state index is 0. The lowest BCUT2D eigenvalue weighted by Crippen LogP contribution is -2.36. The van der Waals surface area contributed by atoms with Crippen LogP contribution in [0, 0.1) is 11.8 Å². The van der Waals surface area contributed by atoms with Gasteiger partial charge >= 0.3 is 0 Å². The zero-order valence-corrected chi connectivity index (χ0v) is 16.4. The predicted molar refractivity (Wildman–Crippen MR) is 103 cm³/mol. The quantitative estimate of drug-likeness (QED) is 0.742. The van der Waals surface area contributed by atoms with Crippen molar-refractivity contribution in [1.82, 2.24) is 9.80 Å². The Morgan fingerprint density at radius 1 is 1.20 bits per heavy atom. The van der Waals surface area contributed by atoms with E-state index in [0.29, 0.717) is 24.3 Å². The first-order valence-electron chi connectivity index (χ1n) is 9.15. The normalized spacial score (nSPS) is 22.8. The van der Waals surface area contributed by atoms with Crippen LogP contribution in [0.1, 0.15) is 31.2 Å². The third-order valence-electron chi connectivity index (χ3n) is 5.59. The Hall–Kier alpha value is -1.26. The van der Waals surface area contributed by atoms with E-state index >= 15 is 0 Å². The third kappa shape index (κ3) is 5.11. The van der Waals surface area contributed by atoms with Gasteiger partial charge in [0.15, 0.2) is 0 Å². The summed E-state index contributed by atoms with van der Waals surface area (Å²) >= 11 is 0. The van der Waals surface area contributed by atoms with Crippen molar-refractivity contribution in [2.45, 2.75) is 38.1 Å². The van der Waals surface area contributed by atoms with E-state index in [-0.39, 0.29) is 12.4 Å². The number of nitrogens with zero attached hydrogens (tertiary/aromatic N) is 2. The van der Waals surface area contributed by atoms with Gasteiger partial charge in [-0.05, 0) is 69.3 Å². The second-order valence-corrected chi connectivity index (χ2v) is 7.53. The summed E-state index contributed by atoms with van der Waals surface area (Å²) < 4.78 is 5.18. The lowest BCUT2D eigenvalue weighted by molar-refractivity contribution is -0.130. The minimum Gasteiger partial charge on any atom is -0.497 e. The fourth-order valence-electron chi connectivity index (χ4n) is 3.94. The number of ether oxygens (including phenoxy) is 1. The van der Waals surface area contributed by atoms with Crippen molar-refractivity contribution in [2.24, 2.45) is 11.8 Å². The highest BCUT2D eigenvalue weighted by Gasteiger charge is 2.44. The molecule has 140 valence electrons. The van der Waals surface area contributed by atoms with Gasteiger partial charge in [-0.15, -0.1) is 12.4 Å². The number of amides is 1. The molecule has 3 rings (SSSR count). The second-order valence-electron chi connectivity index (χ2n) is 7.53. The van der Waals surface area contributed by atoms with Crippen LogP contribution in [0.4, 0.5) is 0 Å². The molecule has 1 aliphatic carbocycles. The lowest BCUT2D eigenvalue weighted by atomic mass is 9.97. The van der Waals surface area contributed by atoms with Gasteiger partial charge in [-0.3, -0.25) is 4.79 Å². The van der Waals surface area contributed by atoms with Crippen LogP contribution in [0.15, 0.2) is 24.3 Å². The molecule has 2 fully saturated rings. The molecule has 2 atom stereocenters. The maximum absolute atomic E-state index is 12.6. The van der Waals surface area contributed by atoms with E-state index in [0.717, 1.165) is 37.6 Å². The predicted octanol–water partition coefficient (Wildman–Crippen LogP) is 3.24. The Balaban J connectivity index is 0.00000225. The van der Waals surface area contributed by atoms with Crippen LogP contribution >= 0.6 is 12.4 Å². The Bertz CT molecular complexity index is 547. The largest absolute Gasteiger partial charge is 0.497 e. The van der Waals surface area contributed by atoms with Crippen molar-refractivity contribution in [1.29, 1.82) is 0 Å². The number of halogens is 1. The summed E-state index contributed by atoms with van der Waals surface area (Å²) in [5, 5.41) is 0. The monoisotopic (exact) mass is 366 g/mol. The first kappa shape index (κ1) is 20.1. The Morgan fingerprint density at radius 3 is 2.44 bits per heavy atom. The molecule has 0 bridgehead atoms. The number of likely N-dealkylation sites (tertiary alicyclic amines) is 1. The van der Waals surface area contributed by atoms with Crippen molar-refractivity contribution in [3.63, 3.8) is 0 Å². The van der Waals surface area contributed by atoms with E-state index in [2.05, 4.69) is 36.0 Å². The van der Waals surface area contributed by atoms with Gasteiger partial charge in [0.25, 0.3) is 0 Å². The Morgan fingerprint density at radius 2 is 1.88 bits per heavy atom. The Labute approximate surface area is 157 Å². The van der Waals surface area contributed by atoms with Gasteiger partial charge in [0.1, 0.15) is 5.75 Å². The van der Waals surface area contributed by atoms with E-state index in [9.17, 15) is 4.79 Å². The SMILES string of the molecule is COc1ccc(CCCC(=O)N2C[C@H](C3CC3)[C@@H](N(C)C)C2)cc1.Cl. The smallest absolute Gasteiger partial charge is 0.222 e. The highest BCUT2D eigenvalue weighted by molar-refractivity contribution is 5.85. The van der Waals surface area contributed by atoms with Gasteiger partial charge in [-0.1, -0.05) is 12.1 Å². The average Bonchev–Trinajstić information content (AvgIpc) is 3.33. The van der Waals surface area contributed by atoms with Gasteiger partial charge in [-0.25, -0.2) is 0 Å². The Kier molecular flexibility index (Phi) is 7.14. The molecule has 25 heavy (non-hydrogen) atoms. The number of carbonyl (C=O) groups is 1. The lowest BCUT2D eigenvalue weighted by Gasteiger charge is -2.24. The molecule has 1 aliphatic heterocycles. The first-order chi connectivity index (χ1) is 11.6. The summed E-state index contributed by atoms with van der Waals surface area (Å²) in [7, 11) is 5.98. The number of aryl methyl sites for hydroxylation is 1. The molecule has 1 aromatic carbocycles. The van der Waals surface area contributed by atoms with Gasteiger partial charge in [-0.2, -0.15) is 0 Å². The third-order valence-corrected chi connectivity index (χ3v) is 5.59. The molecule has 0 N–H and O–H groups in total. The number of hydrogen-bond acceptors (Lipinski definition) is 3. The van der Waals surface area contributed by atoms with E-state index < -0.39 is 0 Å². The summed E-state index contributed by atoms with van der Waals surface area (Å²) in [6.45, 7) is 1.88. The van der Waals surface area contributed by atoms with E-state index in [1.165, 1.54) is 18.4 Å². The van der Waals surface area contributed by atoms with E-state index in [1.54, 1.807) is 7.11 Å². The molecule has 1 amide bonds. The molecule has 0 radical (unpaired) electrons. The van der Waals surface area contributed by atoms with Crippen LogP contribution in [-0.2, 0) is 11.2 Å². The highest BCUT2D eigenvalue weighted by atomic mass is 35.5. The van der Waals surface area contributed by atoms with E-state index in [4.69, 9.17) is 4.74 Å². The van der Waals surface area contributed by atoms with E-state index in [1.807, 2.05) is 12.1 Å². The van der Waals surface area contributed by atoms with Crippen molar-refractivity contribution in [3.8, 4) is 5.75 Å². The molecular formula is C20H31ClN2O2. The number of likely N-dealkylation sites (N-methyl/N-ethyl adjacent to an activating group) is 1. The summed E-state index contributed by atoms with van der Waals surface area (Å²) in [4.78, 5) is 17.0. The van der Waals surface area contributed by atoms with Crippen LogP contribution in [0.5, 0.6) is 5.75 Å². The van der Waals surface area contributed by atoms with Crippen LogP contribution in [0.2, 0.25) is 0 Å². The molecule has 5 heteroatoms. The van der Waals surface area contributed by atoms with Crippen molar-refractivity contribution >= 4 is 18.3 Å². The molecule has 0 spiro atoms. The first-order valence-corrected chi connectivity index (χ1v) is 9.15. The zero-order chi connectivity index (χ0) is 17.1. The maximum atomic E-state index is 12.6. The van der Waals surface area contributed by atoms with Crippen LogP contribution in [0.25, 0.3) is 0 Å². The number of carbonyl (C=O) groups excluding carboxylic acids is 1. The standard InChI is InChI=1S/C20H30N2O2.ClH/c1-21(2)19-14-22(13-18(19)16-9-10-16)20(23)6-4-5-15-7-11-17(24-3)12-8-15;/h7-8,11-12,16,18-19H,4-6,9-10,13-14H2,1-3H3;1H/t18-,19+;/m1./s1. The second kappa shape index (κ2) is 8.91. The molecule has 1 aromatic rings. The van der Waals surface area contributed by atoms with Gasteiger partial charge in [0.2, 0.25) is 5.91 Å². The number of rotatable bonds is 7. The molecule has 2 aliphatic rings. The molecule has 1 saturated heterocycles. The van der Waals surface area contributed by atoms with Crippen LogP contribution < -0.4 is 4.74 Å². The zero-order valence-electron chi connectivity index (χ0n) is 15.6. The van der Waals surface area contributed by atoms with Crippen molar-refractivity contribution in [2.75, 3.05) is 34.3 Å². The molecule has 0 unspecified atom stereocenters. The number of methoxy groups -OCH3 is 1. The fourth-order valence-corrected chi connectivity index (χ4v) is 3.94. The van der Waals surface area contributed by atoms with Crippen LogP contribution in [-0.4, -0.2) is 56.0 Å². The molecule has 1 saturated carbocycles. The summed E-state index contributed by atoms with van der Waals surface area (Å²) in [5.41, 5.74) is 1.27. The molecule has 0 aromatic heterocycles. The maximum Gasteiger partial charge on any atom is 0.222 e. The number of benzene rings is 1. The summed E-state index contributed by atoms with van der Waals surface area (Å²) in [5.74, 6) is 2.76. The topological polar surface area (TPSA) is 32.8 Å². The fraction of sp³-hybridized carbons (Fsp3) is 0.650. The van der Waals surface area contributed by atoms with Crippen molar-refractivity contribution < 1.29 is 9.53 Å². The average molecular weight is 367 g/mol. The molecular weight excluding hydrogens is 336 g/mol. The van der Waals surface area contributed by atoms with Gasteiger partial charge in [0.05, 0.1) is 7.11 Å².